The third kappa shape index (κ3) is 65.0. The number of esters is 3. The predicted molar refractivity (Wildman–Crippen MR) is 344 cm³/mol. The minimum absolute atomic E-state index is 0.0850. The summed E-state index contributed by atoms with van der Waals surface area (Å²) >= 11 is 0. The minimum Gasteiger partial charge on any atom is -0.462 e. The molecule has 0 aromatic carbocycles. The smallest absolute Gasteiger partial charge is 0.306 e. The van der Waals surface area contributed by atoms with Gasteiger partial charge in [-0.25, -0.2) is 0 Å². The Hall–Kier alpha value is -3.67. The molecule has 0 aromatic rings. The molecule has 0 fully saturated rings. The summed E-state index contributed by atoms with van der Waals surface area (Å²) in [6.45, 7) is 6.51. The van der Waals surface area contributed by atoms with Gasteiger partial charge < -0.3 is 14.2 Å². The summed E-state index contributed by atoms with van der Waals surface area (Å²) in [5.41, 5.74) is 0. The van der Waals surface area contributed by atoms with Gasteiger partial charge in [-0.1, -0.05) is 285 Å². The predicted octanol–water partition coefficient (Wildman–Crippen LogP) is 23.2. The molecule has 6 heteroatoms. The van der Waals surface area contributed by atoms with Crippen LogP contribution in [0.25, 0.3) is 0 Å². The second kappa shape index (κ2) is 66.8. The van der Waals surface area contributed by atoms with Crippen molar-refractivity contribution in [1.82, 2.24) is 0 Å². The van der Waals surface area contributed by atoms with Crippen LogP contribution in [0.3, 0.4) is 0 Å². The highest BCUT2D eigenvalue weighted by atomic mass is 16.6. The number of rotatable bonds is 61. The zero-order valence-corrected chi connectivity index (χ0v) is 52.1. The second-order valence-electron chi connectivity index (χ2n) is 22.3. The fraction of sp³-hybridized carbons (Fsp3) is 0.740. The average molecular weight is 1100 g/mol. The Kier molecular flexibility index (Phi) is 63.7. The summed E-state index contributed by atoms with van der Waals surface area (Å²) in [5.74, 6) is -0.892. The van der Waals surface area contributed by atoms with Crippen molar-refractivity contribution in [2.75, 3.05) is 13.2 Å². The number of ether oxygens (including phenoxy) is 3. The molecule has 0 aliphatic rings. The molecule has 0 aromatic heterocycles. The maximum Gasteiger partial charge on any atom is 0.306 e. The number of unbranched alkanes of at least 4 members (excludes halogenated alkanes) is 34. The van der Waals surface area contributed by atoms with Crippen molar-refractivity contribution in [3.63, 3.8) is 0 Å². The summed E-state index contributed by atoms with van der Waals surface area (Å²) in [6, 6.07) is 0. The van der Waals surface area contributed by atoms with Crippen LogP contribution >= 0.6 is 0 Å². The van der Waals surface area contributed by atoms with E-state index in [4.69, 9.17) is 14.2 Å². The van der Waals surface area contributed by atoms with Gasteiger partial charge in [0.2, 0.25) is 0 Å². The molecule has 0 rings (SSSR count). The molecule has 1 atom stereocenters. The van der Waals surface area contributed by atoms with E-state index in [1.165, 1.54) is 180 Å². The topological polar surface area (TPSA) is 78.9 Å². The van der Waals surface area contributed by atoms with Crippen molar-refractivity contribution >= 4 is 17.9 Å². The molecule has 0 spiro atoms. The fourth-order valence-corrected chi connectivity index (χ4v) is 9.50. The Morgan fingerprint density at radius 3 is 0.797 bits per heavy atom. The van der Waals surface area contributed by atoms with E-state index < -0.39 is 6.10 Å². The zero-order valence-electron chi connectivity index (χ0n) is 52.1. The lowest BCUT2D eigenvalue weighted by Crippen LogP contribution is -2.30. The zero-order chi connectivity index (χ0) is 57.1. The van der Waals surface area contributed by atoms with Crippen molar-refractivity contribution in [2.24, 2.45) is 0 Å². The van der Waals surface area contributed by atoms with Gasteiger partial charge in [-0.05, 0) is 122 Å². The number of carbonyl (C=O) groups is 3. The first-order valence-corrected chi connectivity index (χ1v) is 33.7. The molecular formula is C73H126O6. The summed E-state index contributed by atoms with van der Waals surface area (Å²) in [7, 11) is 0. The van der Waals surface area contributed by atoms with Crippen molar-refractivity contribution < 1.29 is 28.6 Å². The molecule has 0 saturated carbocycles. The molecule has 0 heterocycles. The monoisotopic (exact) mass is 1100 g/mol. The van der Waals surface area contributed by atoms with Crippen LogP contribution in [0.15, 0.2) is 97.2 Å². The minimum atomic E-state index is -0.791. The molecule has 0 bridgehead atoms. The first-order chi connectivity index (χ1) is 39.0. The third-order valence-corrected chi connectivity index (χ3v) is 14.5. The van der Waals surface area contributed by atoms with Crippen LogP contribution in [0.2, 0.25) is 0 Å². The van der Waals surface area contributed by atoms with Crippen LogP contribution in [-0.4, -0.2) is 37.2 Å². The Morgan fingerprint density at radius 1 is 0.266 bits per heavy atom. The van der Waals surface area contributed by atoms with Gasteiger partial charge in [-0.3, -0.25) is 14.4 Å². The van der Waals surface area contributed by atoms with Gasteiger partial charge in [-0.15, -0.1) is 0 Å². The number of hydrogen-bond donors (Lipinski definition) is 0. The van der Waals surface area contributed by atoms with Gasteiger partial charge in [0.25, 0.3) is 0 Å². The summed E-state index contributed by atoms with van der Waals surface area (Å²) in [6.07, 6.45) is 89.8. The Morgan fingerprint density at radius 2 is 0.494 bits per heavy atom. The van der Waals surface area contributed by atoms with Gasteiger partial charge in [-0.2, -0.15) is 0 Å². The average Bonchev–Trinajstić information content (AvgIpc) is 3.45. The van der Waals surface area contributed by atoms with Crippen LogP contribution in [0.5, 0.6) is 0 Å². The van der Waals surface area contributed by atoms with Gasteiger partial charge in [0, 0.05) is 19.3 Å². The highest BCUT2D eigenvalue weighted by Crippen LogP contribution is 2.16. The summed E-state index contributed by atoms with van der Waals surface area (Å²) < 4.78 is 17.0. The molecule has 0 aliphatic carbocycles. The maximum absolute atomic E-state index is 12.9. The van der Waals surface area contributed by atoms with Crippen LogP contribution in [-0.2, 0) is 28.6 Å². The molecule has 0 N–H and O–H groups in total. The quantitative estimate of drug-likeness (QED) is 0.0261. The van der Waals surface area contributed by atoms with Gasteiger partial charge in [0.1, 0.15) is 13.2 Å². The highest BCUT2D eigenvalue weighted by Gasteiger charge is 2.19. The third-order valence-electron chi connectivity index (χ3n) is 14.5. The van der Waals surface area contributed by atoms with E-state index in [0.29, 0.717) is 19.3 Å². The van der Waals surface area contributed by atoms with Crippen LogP contribution in [0.4, 0.5) is 0 Å². The molecule has 1 unspecified atom stereocenters. The van der Waals surface area contributed by atoms with E-state index in [2.05, 4.69) is 118 Å². The maximum atomic E-state index is 12.9. The second-order valence-corrected chi connectivity index (χ2v) is 22.3. The normalized spacial score (nSPS) is 12.7. The molecule has 79 heavy (non-hydrogen) atoms. The first-order valence-electron chi connectivity index (χ1n) is 33.7. The van der Waals surface area contributed by atoms with Crippen LogP contribution in [0.1, 0.15) is 329 Å². The molecule has 0 saturated heterocycles. The molecule has 0 radical (unpaired) electrons. The summed E-state index contributed by atoms with van der Waals surface area (Å²) in [5, 5.41) is 0. The Labute approximate surface area is 489 Å². The van der Waals surface area contributed by atoms with Crippen molar-refractivity contribution in [3.05, 3.63) is 97.2 Å². The first kappa shape index (κ1) is 75.3. The highest BCUT2D eigenvalue weighted by molar-refractivity contribution is 5.71. The van der Waals surface area contributed by atoms with Crippen molar-refractivity contribution in [2.45, 2.75) is 335 Å². The van der Waals surface area contributed by atoms with Crippen LogP contribution in [0, 0.1) is 0 Å². The van der Waals surface area contributed by atoms with Gasteiger partial charge in [0.15, 0.2) is 6.10 Å². The number of carbonyl (C=O) groups excluding carboxylic acids is 3. The van der Waals surface area contributed by atoms with Crippen molar-refractivity contribution in [3.8, 4) is 0 Å². The van der Waals surface area contributed by atoms with E-state index in [0.717, 1.165) is 109 Å². The Bertz CT molecular complexity index is 1540. The van der Waals surface area contributed by atoms with Gasteiger partial charge in [0.05, 0.1) is 0 Å². The fourth-order valence-electron chi connectivity index (χ4n) is 9.50. The molecule has 454 valence electrons. The van der Waals surface area contributed by atoms with Crippen LogP contribution < -0.4 is 0 Å². The largest absolute Gasteiger partial charge is 0.462 e. The summed E-state index contributed by atoms with van der Waals surface area (Å²) in [4.78, 5) is 38.4. The molecule has 6 nitrogen and oxygen atoms in total. The molecular weight excluding hydrogens is 973 g/mol. The van der Waals surface area contributed by atoms with E-state index in [9.17, 15) is 14.4 Å². The Balaban J connectivity index is 4.39. The number of allylic oxidation sites excluding steroid dienone is 16. The lowest BCUT2D eigenvalue weighted by atomic mass is 10.0. The van der Waals surface area contributed by atoms with Gasteiger partial charge >= 0.3 is 17.9 Å². The van der Waals surface area contributed by atoms with E-state index >= 15 is 0 Å². The van der Waals surface area contributed by atoms with E-state index in [1.807, 2.05) is 0 Å². The lowest BCUT2D eigenvalue weighted by molar-refractivity contribution is -0.167. The number of hydrogen-bond acceptors (Lipinski definition) is 6. The lowest BCUT2D eigenvalue weighted by Gasteiger charge is -2.18. The SMILES string of the molecule is CC/C=C\C/C=C\C/C=C\C/C=C\CCCCCCCCC(=O)OC(COC(=O)CCCCCCCCCCC/C=C\C/C=C\CCCCC)COC(=O)CCCCCCCCCCCCC/C=C\C/C=C\CCCCCCC. The van der Waals surface area contributed by atoms with E-state index in [-0.39, 0.29) is 31.1 Å². The van der Waals surface area contributed by atoms with E-state index in [1.54, 1.807) is 0 Å². The van der Waals surface area contributed by atoms with Crippen molar-refractivity contribution in [1.29, 1.82) is 0 Å². The molecule has 0 amide bonds. The molecule has 0 aliphatic heterocycles. The standard InChI is InChI=1S/C73H126O6/c1-4-7-10-13-16-19-22-25-28-31-34-35-36-37-40-42-45-48-51-54-57-60-63-66-72(75)78-69-70(79-73(76)67-64-61-58-55-52-49-46-43-39-33-30-27-24-21-18-15-12-9-6-3)68-77-71(74)65-62-59-56-53-50-47-44-41-38-32-29-26-23-20-17-14-11-8-5-2/h9,12,17-18,20-22,25-27,29-31,34,39,43,70H,4-8,10-11,13-16,19,23-24,28,32-33,35-38,40-42,44-69H2,1-3H3/b12-9-,20-17-,21-18-,25-22-,29-26-,30-27-,34-31-,43-39-.